The van der Waals surface area contributed by atoms with E-state index in [4.69, 9.17) is 9.88 Å². The van der Waals surface area contributed by atoms with Crippen LogP contribution in [0.15, 0.2) is 17.0 Å². The summed E-state index contributed by atoms with van der Waals surface area (Å²) in [5.41, 5.74) is 1.50. The lowest BCUT2D eigenvalue weighted by Crippen LogP contribution is -2.18. The number of hydrogen-bond donors (Lipinski definition) is 1. The summed E-state index contributed by atoms with van der Waals surface area (Å²) in [4.78, 5) is 0.196. The zero-order chi connectivity index (χ0) is 15.5. The van der Waals surface area contributed by atoms with Crippen LogP contribution in [0.5, 0.6) is 5.75 Å². The van der Waals surface area contributed by atoms with Crippen molar-refractivity contribution in [2.24, 2.45) is 5.14 Å². The summed E-state index contributed by atoms with van der Waals surface area (Å²) in [6.45, 7) is 9.88. The summed E-state index contributed by atoms with van der Waals surface area (Å²) in [6.07, 6.45) is 1.99. The van der Waals surface area contributed by atoms with Gasteiger partial charge in [0.25, 0.3) is 0 Å². The molecule has 0 aromatic heterocycles. The molecule has 114 valence electrons. The van der Waals surface area contributed by atoms with Gasteiger partial charge >= 0.3 is 0 Å². The first kappa shape index (κ1) is 17.0. The van der Waals surface area contributed by atoms with Gasteiger partial charge < -0.3 is 4.74 Å². The third kappa shape index (κ3) is 3.96. The van der Waals surface area contributed by atoms with Crippen LogP contribution in [0.25, 0.3) is 0 Å². The van der Waals surface area contributed by atoms with E-state index in [0.717, 1.165) is 24.2 Å². The maximum Gasteiger partial charge on any atom is 0.238 e. The second kappa shape index (κ2) is 6.59. The van der Waals surface area contributed by atoms with Crippen LogP contribution in [0, 0.1) is 6.92 Å². The first-order valence-corrected chi connectivity index (χ1v) is 8.59. The van der Waals surface area contributed by atoms with Crippen molar-refractivity contribution in [2.75, 3.05) is 0 Å². The SMILES string of the molecule is CCC(CC)Oc1cc(C(C)C)c(S(N)(=O)=O)cc1C. The fraction of sp³-hybridized carbons (Fsp3) is 0.600. The molecule has 0 bridgehead atoms. The molecule has 0 aliphatic heterocycles. The van der Waals surface area contributed by atoms with Crippen molar-refractivity contribution >= 4 is 10.0 Å². The van der Waals surface area contributed by atoms with E-state index in [1.165, 1.54) is 0 Å². The highest BCUT2D eigenvalue weighted by molar-refractivity contribution is 7.89. The molecule has 0 unspecified atom stereocenters. The molecule has 0 aliphatic rings. The summed E-state index contributed by atoms with van der Waals surface area (Å²) in [7, 11) is -3.71. The Labute approximate surface area is 122 Å². The fourth-order valence-electron chi connectivity index (χ4n) is 2.14. The van der Waals surface area contributed by atoms with Crippen LogP contribution >= 0.6 is 0 Å². The molecule has 5 heteroatoms. The molecule has 2 N–H and O–H groups in total. The topological polar surface area (TPSA) is 69.4 Å². The molecule has 0 fully saturated rings. The predicted molar refractivity (Wildman–Crippen MR) is 81.6 cm³/mol. The van der Waals surface area contributed by atoms with E-state index in [9.17, 15) is 8.42 Å². The Hall–Kier alpha value is -1.07. The molecule has 20 heavy (non-hydrogen) atoms. The van der Waals surface area contributed by atoms with E-state index in [0.29, 0.717) is 5.56 Å². The van der Waals surface area contributed by atoms with Crippen molar-refractivity contribution in [3.63, 3.8) is 0 Å². The van der Waals surface area contributed by atoms with Gasteiger partial charge in [-0.3, -0.25) is 0 Å². The van der Waals surface area contributed by atoms with Crippen LogP contribution in [0.4, 0.5) is 0 Å². The van der Waals surface area contributed by atoms with Crippen molar-refractivity contribution in [2.45, 2.75) is 64.4 Å². The Morgan fingerprint density at radius 1 is 1.20 bits per heavy atom. The molecule has 0 spiro atoms. The number of primary sulfonamides is 1. The maximum absolute atomic E-state index is 11.7. The normalized spacial score (nSPS) is 12.2. The first-order valence-electron chi connectivity index (χ1n) is 7.04. The number of ether oxygens (including phenoxy) is 1. The van der Waals surface area contributed by atoms with Crippen molar-refractivity contribution in [1.29, 1.82) is 0 Å². The average Bonchev–Trinajstić information content (AvgIpc) is 2.35. The molecular formula is C15H25NO3S. The molecule has 0 amide bonds. The van der Waals surface area contributed by atoms with Crippen molar-refractivity contribution in [1.82, 2.24) is 0 Å². The van der Waals surface area contributed by atoms with Crippen LogP contribution in [-0.2, 0) is 10.0 Å². The minimum atomic E-state index is -3.71. The number of hydrogen-bond acceptors (Lipinski definition) is 3. The van der Waals surface area contributed by atoms with Crippen molar-refractivity contribution < 1.29 is 13.2 Å². The summed E-state index contributed by atoms with van der Waals surface area (Å²) >= 11 is 0. The molecule has 1 aromatic rings. The predicted octanol–water partition coefficient (Wildman–Crippen LogP) is 3.33. The van der Waals surface area contributed by atoms with E-state index in [1.807, 2.05) is 26.8 Å². The zero-order valence-electron chi connectivity index (χ0n) is 12.9. The van der Waals surface area contributed by atoms with Gasteiger partial charge in [-0.15, -0.1) is 0 Å². The summed E-state index contributed by atoms with van der Waals surface area (Å²) in [6, 6.07) is 3.43. The fourth-order valence-corrected chi connectivity index (χ4v) is 3.10. The van der Waals surface area contributed by atoms with Crippen molar-refractivity contribution in [3.8, 4) is 5.75 Å². The second-order valence-corrected chi connectivity index (χ2v) is 6.94. The number of rotatable bonds is 6. The largest absolute Gasteiger partial charge is 0.490 e. The number of nitrogens with two attached hydrogens (primary N) is 1. The van der Waals surface area contributed by atoms with Gasteiger partial charge in [0.05, 0.1) is 11.0 Å². The number of benzene rings is 1. The summed E-state index contributed by atoms with van der Waals surface area (Å²) < 4.78 is 29.4. The zero-order valence-corrected chi connectivity index (χ0v) is 13.8. The highest BCUT2D eigenvalue weighted by atomic mass is 32.2. The van der Waals surface area contributed by atoms with E-state index >= 15 is 0 Å². The van der Waals surface area contributed by atoms with Gasteiger partial charge in [-0.2, -0.15) is 0 Å². The van der Waals surface area contributed by atoms with E-state index < -0.39 is 10.0 Å². The third-order valence-electron chi connectivity index (χ3n) is 3.44. The molecule has 0 atom stereocenters. The Bertz CT molecular complexity index is 561. The minimum absolute atomic E-state index is 0.0629. The van der Waals surface area contributed by atoms with Crippen molar-refractivity contribution in [3.05, 3.63) is 23.3 Å². The van der Waals surface area contributed by atoms with Crippen LogP contribution in [0.1, 0.15) is 57.6 Å². The second-order valence-electron chi connectivity index (χ2n) is 5.41. The lowest BCUT2D eigenvalue weighted by molar-refractivity contribution is 0.191. The summed E-state index contributed by atoms with van der Waals surface area (Å²) in [5, 5.41) is 5.30. The van der Waals surface area contributed by atoms with E-state index in [1.54, 1.807) is 6.07 Å². The van der Waals surface area contributed by atoms with Crippen LogP contribution in [0.3, 0.4) is 0 Å². The van der Waals surface area contributed by atoms with E-state index in [2.05, 4.69) is 13.8 Å². The smallest absolute Gasteiger partial charge is 0.238 e. The molecule has 4 nitrogen and oxygen atoms in total. The van der Waals surface area contributed by atoms with Gasteiger partial charge in [0, 0.05) is 0 Å². The summed E-state index contributed by atoms with van der Waals surface area (Å²) in [5.74, 6) is 0.808. The van der Waals surface area contributed by atoms with Crippen LogP contribution < -0.4 is 9.88 Å². The molecule has 1 rings (SSSR count). The molecule has 0 radical (unpaired) electrons. The Morgan fingerprint density at radius 2 is 1.75 bits per heavy atom. The number of aryl methyl sites for hydroxylation is 1. The maximum atomic E-state index is 11.7. The Morgan fingerprint density at radius 3 is 2.15 bits per heavy atom. The highest BCUT2D eigenvalue weighted by Gasteiger charge is 2.20. The molecule has 0 heterocycles. The molecular weight excluding hydrogens is 274 g/mol. The highest BCUT2D eigenvalue weighted by Crippen LogP contribution is 2.31. The van der Waals surface area contributed by atoms with E-state index in [-0.39, 0.29) is 16.9 Å². The van der Waals surface area contributed by atoms with Gasteiger partial charge in [-0.1, -0.05) is 27.7 Å². The van der Waals surface area contributed by atoms with Gasteiger partial charge in [0.1, 0.15) is 5.75 Å². The Kier molecular flexibility index (Phi) is 5.59. The average molecular weight is 299 g/mol. The monoisotopic (exact) mass is 299 g/mol. The van der Waals surface area contributed by atoms with Gasteiger partial charge in [-0.05, 0) is 48.9 Å². The third-order valence-corrected chi connectivity index (χ3v) is 4.41. The molecule has 1 aromatic carbocycles. The van der Waals surface area contributed by atoms with Crippen LogP contribution in [0.2, 0.25) is 0 Å². The van der Waals surface area contributed by atoms with Crippen LogP contribution in [-0.4, -0.2) is 14.5 Å². The lowest BCUT2D eigenvalue weighted by atomic mass is 10.0. The minimum Gasteiger partial charge on any atom is -0.490 e. The van der Waals surface area contributed by atoms with Gasteiger partial charge in [0.15, 0.2) is 0 Å². The molecule has 0 saturated heterocycles. The Balaban J connectivity index is 3.34. The first-order chi connectivity index (χ1) is 9.20. The van der Waals surface area contributed by atoms with Gasteiger partial charge in [0.2, 0.25) is 10.0 Å². The quantitative estimate of drug-likeness (QED) is 0.876. The standard InChI is InChI=1S/C15H25NO3S/c1-6-12(7-2)19-14-9-13(10(3)4)15(8-11(14)5)20(16,17)18/h8-10,12H,6-7H2,1-5H3,(H2,16,17,18). The molecule has 0 saturated carbocycles. The lowest BCUT2D eigenvalue weighted by Gasteiger charge is -2.20. The molecule has 0 aliphatic carbocycles. The van der Waals surface area contributed by atoms with Gasteiger partial charge in [-0.25, -0.2) is 13.6 Å². The number of sulfonamides is 1.